The minimum atomic E-state index is -4.25. The number of anilines is 1. The number of rotatable bonds is 11. The molecule has 0 radical (unpaired) electrons. The van der Waals surface area contributed by atoms with Crippen LogP contribution < -0.4 is 21.0 Å². The predicted octanol–water partition coefficient (Wildman–Crippen LogP) is 1.62. The van der Waals surface area contributed by atoms with Crippen LogP contribution >= 0.6 is 7.75 Å². The van der Waals surface area contributed by atoms with Gasteiger partial charge < -0.3 is 29.6 Å². The van der Waals surface area contributed by atoms with E-state index in [4.69, 9.17) is 29.0 Å². The molecular weight excluding hydrogens is 507 g/mol. The van der Waals surface area contributed by atoms with Crippen molar-refractivity contribution in [3.8, 4) is 5.75 Å². The summed E-state index contributed by atoms with van der Waals surface area (Å²) in [4.78, 5) is 28.4. The fraction of sp³-hybridized carbons (Fsp3) is 0.522. The summed E-state index contributed by atoms with van der Waals surface area (Å²) < 4.78 is 42.9. The first kappa shape index (κ1) is 28.8. The Bertz CT molecular complexity index is 1160. The number of aliphatic hydroxyl groups is 1. The van der Waals surface area contributed by atoms with Gasteiger partial charge in [-0.2, -0.15) is 10.1 Å². The number of nitrogen functional groups attached to an aromatic ring is 1. The highest BCUT2D eigenvalue weighted by Crippen LogP contribution is 2.48. The fourth-order valence-electron chi connectivity index (χ4n) is 3.76. The molecule has 1 aromatic carbocycles. The van der Waals surface area contributed by atoms with Gasteiger partial charge in [0.2, 0.25) is 0 Å². The van der Waals surface area contributed by atoms with Crippen LogP contribution in [0.1, 0.15) is 33.9 Å². The molecule has 1 aromatic heterocycles. The monoisotopic (exact) mass is 540 g/mol. The number of nitrogens with one attached hydrogen (secondary N) is 1. The maximum absolute atomic E-state index is 13.8. The van der Waals surface area contributed by atoms with Crippen LogP contribution in [0.2, 0.25) is 0 Å². The zero-order chi connectivity index (χ0) is 27.3. The van der Waals surface area contributed by atoms with E-state index in [9.17, 15) is 19.3 Å². The molecule has 2 aromatic rings. The first-order chi connectivity index (χ1) is 17.4. The lowest BCUT2D eigenvalue weighted by atomic mass is 10.1. The number of hydrogen-bond donors (Lipinski definition) is 3. The van der Waals surface area contributed by atoms with E-state index in [1.807, 2.05) is 0 Å². The molecule has 37 heavy (non-hydrogen) atoms. The highest BCUT2D eigenvalue weighted by Gasteiger charge is 2.50. The highest BCUT2D eigenvalue weighted by atomic mass is 31.2. The first-order valence-corrected chi connectivity index (χ1v) is 13.2. The number of para-hydroxylation sites is 1. The van der Waals surface area contributed by atoms with Gasteiger partial charge in [-0.15, -0.1) is 0 Å². The van der Waals surface area contributed by atoms with E-state index in [1.54, 1.807) is 44.2 Å². The largest absolute Gasteiger partial charge is 0.462 e. The van der Waals surface area contributed by atoms with Crippen molar-refractivity contribution in [1.29, 1.82) is 0 Å². The van der Waals surface area contributed by atoms with E-state index >= 15 is 0 Å². The topological polar surface area (TPSA) is 173 Å². The standard InChI is InChI=1S/C23H33N4O9P/c1-13(2)33-22(29)14(3)26-37(31,36-16-9-7-6-8-10-16)35-15(4)19-18(28)20(32-5)21(34-19)27-12-11-17(24)25-23(27)30/h6-15,18-21,28H,1-5H3,(H,26,31)(H2,24,25,30)/t14?,15?,18?,19-,20?,21-,37?/m1/s1. The number of benzene rings is 1. The number of carbonyl (C=O) groups is 1. The molecule has 204 valence electrons. The van der Waals surface area contributed by atoms with Crippen molar-refractivity contribution in [3.05, 3.63) is 53.1 Å². The Kier molecular flexibility index (Phi) is 9.46. The molecule has 4 N–H and O–H groups in total. The molecule has 14 heteroatoms. The minimum absolute atomic E-state index is 0.0252. The number of hydrogen-bond acceptors (Lipinski definition) is 11. The minimum Gasteiger partial charge on any atom is -0.462 e. The normalized spacial score (nSPS) is 24.8. The molecule has 1 aliphatic rings. The molecule has 0 saturated carbocycles. The average molecular weight is 541 g/mol. The maximum Gasteiger partial charge on any atom is 0.459 e. The number of methoxy groups -OCH3 is 1. The van der Waals surface area contributed by atoms with Gasteiger partial charge in [-0.25, -0.2) is 9.36 Å². The zero-order valence-corrected chi connectivity index (χ0v) is 22.1. The maximum atomic E-state index is 13.8. The number of esters is 1. The van der Waals surface area contributed by atoms with Gasteiger partial charge in [0.05, 0.1) is 12.2 Å². The second-order valence-electron chi connectivity index (χ2n) is 8.77. The molecule has 1 fully saturated rings. The van der Waals surface area contributed by atoms with Crippen LogP contribution in [0, 0.1) is 0 Å². The molecule has 0 spiro atoms. The second-order valence-corrected chi connectivity index (χ2v) is 10.4. The summed E-state index contributed by atoms with van der Waals surface area (Å²) in [5, 5.41) is 13.5. The zero-order valence-electron chi connectivity index (χ0n) is 21.2. The summed E-state index contributed by atoms with van der Waals surface area (Å²) in [6.07, 6.45) is -4.53. The van der Waals surface area contributed by atoms with Gasteiger partial charge in [0.1, 0.15) is 35.9 Å². The highest BCUT2D eigenvalue weighted by molar-refractivity contribution is 7.52. The van der Waals surface area contributed by atoms with Crippen molar-refractivity contribution in [3.63, 3.8) is 0 Å². The third-order valence-electron chi connectivity index (χ3n) is 5.44. The summed E-state index contributed by atoms with van der Waals surface area (Å²) in [6, 6.07) is 8.58. The summed E-state index contributed by atoms with van der Waals surface area (Å²) in [6.45, 7) is 6.34. The molecule has 3 rings (SSSR count). The Labute approximate surface area is 214 Å². The Hall–Kier alpha value is -2.80. The van der Waals surface area contributed by atoms with Crippen molar-refractivity contribution in [2.75, 3.05) is 12.8 Å². The lowest BCUT2D eigenvalue weighted by Gasteiger charge is -2.29. The van der Waals surface area contributed by atoms with E-state index in [-0.39, 0.29) is 17.7 Å². The SMILES string of the molecule is COC1C(O)[C@@H](C(C)OP(=O)(NC(C)C(=O)OC(C)C)Oc2ccccc2)O[C@H]1n1ccc(N)nc1=O. The van der Waals surface area contributed by atoms with Crippen LogP contribution in [0.5, 0.6) is 5.75 Å². The molecule has 1 aliphatic heterocycles. The molecular formula is C23H33N4O9P. The van der Waals surface area contributed by atoms with Gasteiger partial charge in [0.25, 0.3) is 0 Å². The molecule has 0 bridgehead atoms. The van der Waals surface area contributed by atoms with E-state index in [2.05, 4.69) is 10.1 Å². The van der Waals surface area contributed by atoms with E-state index in [1.165, 1.54) is 33.2 Å². The summed E-state index contributed by atoms with van der Waals surface area (Å²) in [5.74, 6) is -0.415. The third-order valence-corrected chi connectivity index (χ3v) is 7.21. The third kappa shape index (κ3) is 7.16. The van der Waals surface area contributed by atoms with Crippen molar-refractivity contribution < 1.29 is 37.7 Å². The Balaban J connectivity index is 1.84. The van der Waals surface area contributed by atoms with Gasteiger partial charge in [0.15, 0.2) is 6.23 Å². The van der Waals surface area contributed by atoms with E-state index in [0.717, 1.165) is 4.57 Å². The first-order valence-electron chi connectivity index (χ1n) is 11.7. The lowest BCUT2D eigenvalue weighted by Crippen LogP contribution is -2.41. The fourth-order valence-corrected chi connectivity index (χ4v) is 5.46. The van der Waals surface area contributed by atoms with Gasteiger partial charge in [-0.1, -0.05) is 18.2 Å². The lowest BCUT2D eigenvalue weighted by molar-refractivity contribution is -0.149. The smallest absolute Gasteiger partial charge is 0.459 e. The summed E-state index contributed by atoms with van der Waals surface area (Å²) in [5.41, 5.74) is 4.86. The molecule has 5 unspecified atom stereocenters. The second kappa shape index (κ2) is 12.2. The number of aliphatic hydroxyl groups excluding tert-OH is 1. The predicted molar refractivity (Wildman–Crippen MR) is 133 cm³/mol. The average Bonchev–Trinajstić information content (AvgIpc) is 3.15. The summed E-state index contributed by atoms with van der Waals surface area (Å²) >= 11 is 0. The van der Waals surface area contributed by atoms with Crippen LogP contribution in [0.4, 0.5) is 5.82 Å². The van der Waals surface area contributed by atoms with Crippen LogP contribution in [0.25, 0.3) is 0 Å². The van der Waals surface area contributed by atoms with E-state index in [0.29, 0.717) is 0 Å². The molecule has 1 saturated heterocycles. The van der Waals surface area contributed by atoms with Crippen molar-refractivity contribution in [2.45, 2.75) is 70.5 Å². The van der Waals surface area contributed by atoms with Crippen molar-refractivity contribution in [2.24, 2.45) is 0 Å². The van der Waals surface area contributed by atoms with Crippen LogP contribution in [0.3, 0.4) is 0 Å². The van der Waals surface area contributed by atoms with Crippen LogP contribution in [0.15, 0.2) is 47.4 Å². The Morgan fingerprint density at radius 2 is 1.89 bits per heavy atom. The number of carbonyl (C=O) groups excluding carboxylic acids is 1. The molecule has 2 heterocycles. The van der Waals surface area contributed by atoms with E-state index < -0.39 is 56.1 Å². The van der Waals surface area contributed by atoms with Gasteiger partial charge in [-0.05, 0) is 45.9 Å². The van der Waals surface area contributed by atoms with Crippen LogP contribution in [-0.4, -0.2) is 64.3 Å². The number of aromatic nitrogens is 2. The molecule has 7 atom stereocenters. The molecule has 0 aliphatic carbocycles. The van der Waals surface area contributed by atoms with Gasteiger partial charge in [-0.3, -0.25) is 13.9 Å². The van der Waals surface area contributed by atoms with Crippen molar-refractivity contribution >= 4 is 19.5 Å². The Morgan fingerprint density at radius 1 is 1.22 bits per heavy atom. The van der Waals surface area contributed by atoms with Gasteiger partial charge in [0, 0.05) is 13.3 Å². The van der Waals surface area contributed by atoms with Crippen molar-refractivity contribution in [1.82, 2.24) is 14.6 Å². The summed E-state index contributed by atoms with van der Waals surface area (Å²) in [7, 11) is -2.90. The number of ether oxygens (including phenoxy) is 3. The quantitative estimate of drug-likeness (QED) is 0.278. The number of nitrogens with zero attached hydrogens (tertiary/aromatic N) is 2. The molecule has 0 amide bonds. The van der Waals surface area contributed by atoms with Crippen LogP contribution in [-0.2, 0) is 28.1 Å². The van der Waals surface area contributed by atoms with Gasteiger partial charge >= 0.3 is 19.4 Å². The number of nitrogens with two attached hydrogens (primary N) is 1. The Morgan fingerprint density at radius 3 is 2.49 bits per heavy atom. The molecule has 13 nitrogen and oxygen atoms in total.